The van der Waals surface area contributed by atoms with E-state index in [4.69, 9.17) is 12.6 Å². The smallest absolute Gasteiger partial charge is 0.0192 e. The van der Waals surface area contributed by atoms with Crippen molar-refractivity contribution in [3.8, 4) is 0 Å². The highest BCUT2D eigenvalue weighted by Gasteiger charge is 2.27. The van der Waals surface area contributed by atoms with E-state index in [1.165, 1.54) is 37.6 Å². The van der Waals surface area contributed by atoms with E-state index >= 15 is 0 Å². The van der Waals surface area contributed by atoms with E-state index in [-0.39, 0.29) is 21.7 Å². The van der Waals surface area contributed by atoms with Crippen LogP contribution in [0.2, 0.25) is 0 Å². The molecule has 3 heteroatoms. The molecule has 0 aliphatic carbocycles. The lowest BCUT2D eigenvalue weighted by atomic mass is 9.77. The number of benzene rings is 2. The van der Waals surface area contributed by atoms with Gasteiger partial charge in [-0.05, 0) is 80.7 Å². The molecule has 2 aromatic rings. The molecule has 0 aliphatic rings. The molecule has 0 N–H and O–H groups in total. The Kier molecular flexibility index (Phi) is 8.03. The molecule has 178 valence electrons. The average molecular weight is 489 g/mol. The third-order valence-electron chi connectivity index (χ3n) is 5.93. The SMILES string of the molecule is Cc1c(C(C)(C)C)cc(SSc2cc(C(C)(C)C)c(S)c(C(C)(C)C)c2)cc1C(C)(C)C. The zero-order valence-corrected chi connectivity index (χ0v) is 25.1. The van der Waals surface area contributed by atoms with E-state index in [0.717, 1.165) is 4.90 Å². The second-order valence-corrected chi connectivity index (χ2v) is 15.9. The topological polar surface area (TPSA) is 0 Å². The Bertz CT molecular complexity index is 820. The molecule has 0 saturated carbocycles. The van der Waals surface area contributed by atoms with E-state index in [9.17, 15) is 0 Å². The van der Waals surface area contributed by atoms with Gasteiger partial charge in [-0.2, -0.15) is 0 Å². The van der Waals surface area contributed by atoms with Crippen LogP contribution in [0, 0.1) is 6.92 Å². The summed E-state index contributed by atoms with van der Waals surface area (Å²) in [5, 5.41) is 0. The average Bonchev–Trinajstić information content (AvgIpc) is 2.57. The zero-order chi connectivity index (χ0) is 24.9. The van der Waals surface area contributed by atoms with Crippen molar-refractivity contribution >= 4 is 34.2 Å². The van der Waals surface area contributed by atoms with Crippen LogP contribution in [0.15, 0.2) is 39.0 Å². The standard InChI is InChI=1S/C29H44S3/c1-18-21(26(2,3)4)14-19(15-22(18)27(5,6)7)31-32-20-16-23(28(8,9)10)25(30)24(17-20)29(11,12)13/h14-17,30H,1-13H3. The van der Waals surface area contributed by atoms with Crippen LogP contribution in [0.1, 0.15) is 111 Å². The molecular formula is C29H44S3. The maximum atomic E-state index is 4.97. The molecule has 0 heterocycles. The van der Waals surface area contributed by atoms with E-state index in [2.05, 4.69) is 114 Å². The fourth-order valence-electron chi connectivity index (χ4n) is 4.19. The van der Waals surface area contributed by atoms with Crippen LogP contribution in [0.3, 0.4) is 0 Å². The van der Waals surface area contributed by atoms with Gasteiger partial charge >= 0.3 is 0 Å². The number of hydrogen-bond donors (Lipinski definition) is 1. The first-order valence-electron chi connectivity index (χ1n) is 11.6. The third-order valence-corrected chi connectivity index (χ3v) is 8.76. The van der Waals surface area contributed by atoms with Gasteiger partial charge in [-0.15, -0.1) is 12.6 Å². The molecule has 32 heavy (non-hydrogen) atoms. The lowest BCUT2D eigenvalue weighted by Gasteiger charge is -2.30. The van der Waals surface area contributed by atoms with Gasteiger partial charge in [0.25, 0.3) is 0 Å². The summed E-state index contributed by atoms with van der Waals surface area (Å²) in [4.78, 5) is 3.78. The fourth-order valence-corrected chi connectivity index (χ4v) is 7.00. The highest BCUT2D eigenvalue weighted by atomic mass is 33.1. The van der Waals surface area contributed by atoms with Crippen LogP contribution >= 0.6 is 34.2 Å². The molecule has 0 aromatic heterocycles. The van der Waals surface area contributed by atoms with Crippen LogP contribution in [0.25, 0.3) is 0 Å². The molecule has 2 rings (SSSR count). The van der Waals surface area contributed by atoms with Gasteiger partial charge in [0.15, 0.2) is 0 Å². The van der Waals surface area contributed by atoms with Gasteiger partial charge in [0.1, 0.15) is 0 Å². The second-order valence-electron chi connectivity index (χ2n) is 13.2. The van der Waals surface area contributed by atoms with Crippen LogP contribution in [0.4, 0.5) is 0 Å². The Morgan fingerprint density at radius 3 is 1.00 bits per heavy atom. The van der Waals surface area contributed by atoms with Crippen molar-refractivity contribution in [3.05, 3.63) is 52.1 Å². The van der Waals surface area contributed by atoms with Gasteiger partial charge in [-0.25, -0.2) is 0 Å². The summed E-state index contributed by atoms with van der Waals surface area (Å²) in [5.41, 5.74) is 7.34. The summed E-state index contributed by atoms with van der Waals surface area (Å²) in [7, 11) is 3.75. The Morgan fingerprint density at radius 2 is 0.750 bits per heavy atom. The number of hydrogen-bond acceptors (Lipinski definition) is 3. The lowest BCUT2D eigenvalue weighted by Crippen LogP contribution is -2.19. The zero-order valence-electron chi connectivity index (χ0n) is 22.6. The second kappa shape index (κ2) is 9.27. The summed E-state index contributed by atoms with van der Waals surface area (Å²) < 4.78 is 0. The van der Waals surface area contributed by atoms with Crippen molar-refractivity contribution in [1.29, 1.82) is 0 Å². The van der Waals surface area contributed by atoms with Gasteiger partial charge in [-0.3, -0.25) is 0 Å². The van der Waals surface area contributed by atoms with Crippen molar-refractivity contribution < 1.29 is 0 Å². The summed E-state index contributed by atoms with van der Waals surface area (Å²) in [5.74, 6) is 0. The van der Waals surface area contributed by atoms with Crippen LogP contribution in [-0.4, -0.2) is 0 Å². The van der Waals surface area contributed by atoms with Crippen LogP contribution in [-0.2, 0) is 21.7 Å². The first kappa shape index (κ1) is 27.7. The monoisotopic (exact) mass is 488 g/mol. The van der Waals surface area contributed by atoms with Gasteiger partial charge in [0, 0.05) is 14.7 Å². The predicted octanol–water partition coefficient (Wildman–Crippen LogP) is 10.3. The first-order chi connectivity index (χ1) is 14.2. The largest absolute Gasteiger partial charge is 0.143 e. The molecular weight excluding hydrogens is 445 g/mol. The van der Waals surface area contributed by atoms with E-state index < -0.39 is 0 Å². The molecule has 0 radical (unpaired) electrons. The predicted molar refractivity (Wildman–Crippen MR) is 151 cm³/mol. The summed E-state index contributed by atoms with van der Waals surface area (Å²) in [6.07, 6.45) is 0. The minimum atomic E-state index is 0.0565. The maximum Gasteiger partial charge on any atom is 0.0192 e. The van der Waals surface area contributed by atoms with Crippen molar-refractivity contribution in [1.82, 2.24) is 0 Å². The molecule has 0 nitrogen and oxygen atoms in total. The molecule has 0 aliphatic heterocycles. The van der Waals surface area contributed by atoms with Crippen molar-refractivity contribution in [2.45, 2.75) is 126 Å². The molecule has 0 saturated heterocycles. The van der Waals surface area contributed by atoms with Crippen LogP contribution < -0.4 is 0 Å². The molecule has 0 atom stereocenters. The molecule has 0 fully saturated rings. The normalized spacial score (nSPS) is 13.6. The number of rotatable bonds is 3. The van der Waals surface area contributed by atoms with Gasteiger partial charge in [0.2, 0.25) is 0 Å². The third kappa shape index (κ3) is 6.54. The van der Waals surface area contributed by atoms with Gasteiger partial charge in [-0.1, -0.05) is 105 Å². The van der Waals surface area contributed by atoms with E-state index in [1.807, 2.05) is 21.6 Å². The Balaban J connectivity index is 2.55. The molecule has 0 bridgehead atoms. The molecule has 2 aromatic carbocycles. The fraction of sp³-hybridized carbons (Fsp3) is 0.586. The summed E-state index contributed by atoms with van der Waals surface area (Å²) in [6.45, 7) is 29.9. The summed E-state index contributed by atoms with van der Waals surface area (Å²) in [6, 6.07) is 9.51. The minimum Gasteiger partial charge on any atom is -0.143 e. The molecule has 0 spiro atoms. The quantitative estimate of drug-likeness (QED) is 0.337. The van der Waals surface area contributed by atoms with Crippen molar-refractivity contribution in [2.75, 3.05) is 0 Å². The first-order valence-corrected chi connectivity index (χ1v) is 14.2. The maximum absolute atomic E-state index is 4.97. The summed E-state index contributed by atoms with van der Waals surface area (Å²) >= 11 is 4.97. The minimum absolute atomic E-state index is 0.0565. The molecule has 0 unspecified atom stereocenters. The van der Waals surface area contributed by atoms with E-state index in [0.29, 0.717) is 0 Å². The van der Waals surface area contributed by atoms with Crippen molar-refractivity contribution in [3.63, 3.8) is 0 Å². The Hall–Kier alpha value is -0.510. The Labute approximate surface area is 211 Å². The van der Waals surface area contributed by atoms with Crippen LogP contribution in [0.5, 0.6) is 0 Å². The van der Waals surface area contributed by atoms with Gasteiger partial charge in [0.05, 0.1) is 0 Å². The Morgan fingerprint density at radius 1 is 0.500 bits per heavy atom. The van der Waals surface area contributed by atoms with Crippen molar-refractivity contribution in [2.24, 2.45) is 0 Å². The molecule has 0 amide bonds. The number of thiol groups is 1. The van der Waals surface area contributed by atoms with E-state index in [1.54, 1.807) is 0 Å². The highest BCUT2D eigenvalue weighted by molar-refractivity contribution is 8.76. The van der Waals surface area contributed by atoms with Gasteiger partial charge < -0.3 is 0 Å². The lowest BCUT2D eigenvalue weighted by molar-refractivity contribution is 0.544. The highest BCUT2D eigenvalue weighted by Crippen LogP contribution is 2.46.